The molecule has 7 nitrogen and oxygen atoms in total. The fourth-order valence-corrected chi connectivity index (χ4v) is 3.61. The van der Waals surface area contributed by atoms with Gasteiger partial charge in [-0.1, -0.05) is 13.8 Å². The molecule has 0 aromatic carbocycles. The van der Waals surface area contributed by atoms with E-state index in [9.17, 15) is 4.79 Å². The number of piperidine rings is 1. The van der Waals surface area contributed by atoms with Crippen molar-refractivity contribution in [2.75, 3.05) is 37.7 Å². The fraction of sp³-hybridized carbons (Fsp3) is 0.778. The van der Waals surface area contributed by atoms with Crippen LogP contribution in [0.3, 0.4) is 0 Å². The molecule has 2 saturated heterocycles. The predicted molar refractivity (Wildman–Crippen MR) is 97.7 cm³/mol. The van der Waals surface area contributed by atoms with Crippen LogP contribution in [0.5, 0.6) is 0 Å². The lowest BCUT2D eigenvalue weighted by Gasteiger charge is -2.35. The number of urea groups is 1. The highest BCUT2D eigenvalue weighted by atomic mass is 16.5. The van der Waals surface area contributed by atoms with E-state index in [0.717, 1.165) is 51.2 Å². The molecule has 1 aromatic rings. The molecule has 3 rings (SSSR count). The molecule has 25 heavy (non-hydrogen) atoms. The number of nitrogens with zero attached hydrogens (tertiary/aromatic N) is 4. The average molecular weight is 349 g/mol. The Morgan fingerprint density at radius 3 is 2.88 bits per heavy atom. The summed E-state index contributed by atoms with van der Waals surface area (Å²) < 4.78 is 7.69. The van der Waals surface area contributed by atoms with Gasteiger partial charge in [0.05, 0.1) is 18.0 Å². The number of ether oxygens (including phenoxy) is 1. The molecule has 3 heterocycles. The lowest BCUT2D eigenvalue weighted by atomic mass is 10.1. The Balaban J connectivity index is 1.56. The summed E-state index contributed by atoms with van der Waals surface area (Å²) in [5, 5.41) is 7.50. The van der Waals surface area contributed by atoms with Gasteiger partial charge in [-0.2, -0.15) is 5.10 Å². The monoisotopic (exact) mass is 349 g/mol. The summed E-state index contributed by atoms with van der Waals surface area (Å²) in [5.41, 5.74) is 1.13. The normalized spacial score (nSPS) is 25.1. The highest BCUT2D eigenvalue weighted by molar-refractivity contribution is 5.74. The molecule has 0 radical (unpaired) electrons. The summed E-state index contributed by atoms with van der Waals surface area (Å²) in [6.45, 7) is 8.36. The second-order valence-corrected chi connectivity index (χ2v) is 7.56. The zero-order chi connectivity index (χ0) is 17.8. The number of carbonyl (C=O) groups excluding carboxylic acids is 1. The van der Waals surface area contributed by atoms with Crippen molar-refractivity contribution in [2.45, 2.75) is 45.3 Å². The van der Waals surface area contributed by atoms with E-state index >= 15 is 0 Å². The number of rotatable bonds is 3. The highest BCUT2D eigenvalue weighted by Gasteiger charge is 2.28. The minimum atomic E-state index is 0.0502. The molecule has 2 unspecified atom stereocenters. The summed E-state index contributed by atoms with van der Waals surface area (Å²) in [6, 6.07) is 0.234. The standard InChI is InChI=1S/C18H31N5O2/c1-14(2)17-13-23(8-5-9-25-17)18(24)20-15-6-4-7-22(11-15)16-10-19-21(3)12-16/h10,12,14-15,17H,4-9,11,13H2,1-3H3,(H,20,24). The van der Waals surface area contributed by atoms with Gasteiger partial charge in [0, 0.05) is 52.1 Å². The van der Waals surface area contributed by atoms with Gasteiger partial charge in [-0.3, -0.25) is 4.68 Å². The molecule has 2 aliphatic rings. The second-order valence-electron chi connectivity index (χ2n) is 7.56. The van der Waals surface area contributed by atoms with E-state index in [1.807, 2.05) is 29.0 Å². The Hall–Kier alpha value is -1.76. The van der Waals surface area contributed by atoms with E-state index in [2.05, 4.69) is 29.2 Å². The van der Waals surface area contributed by atoms with Crippen LogP contribution in [0.25, 0.3) is 0 Å². The lowest BCUT2D eigenvalue weighted by molar-refractivity contribution is 0.0266. The van der Waals surface area contributed by atoms with Gasteiger partial charge in [-0.05, 0) is 25.2 Å². The van der Waals surface area contributed by atoms with Crippen LogP contribution in [0, 0.1) is 5.92 Å². The van der Waals surface area contributed by atoms with E-state index in [1.165, 1.54) is 0 Å². The minimum absolute atomic E-state index is 0.0502. The summed E-state index contributed by atoms with van der Waals surface area (Å²) in [4.78, 5) is 17.0. The number of nitrogens with one attached hydrogen (secondary N) is 1. The zero-order valence-corrected chi connectivity index (χ0v) is 15.6. The Morgan fingerprint density at radius 1 is 1.32 bits per heavy atom. The first-order valence-corrected chi connectivity index (χ1v) is 9.43. The maximum Gasteiger partial charge on any atom is 0.317 e. The molecule has 2 amide bonds. The van der Waals surface area contributed by atoms with Gasteiger partial charge in [-0.25, -0.2) is 4.79 Å². The number of hydrogen-bond donors (Lipinski definition) is 1. The molecule has 0 aliphatic carbocycles. The molecule has 0 spiro atoms. The van der Waals surface area contributed by atoms with Crippen LogP contribution >= 0.6 is 0 Å². The van der Waals surface area contributed by atoms with E-state index in [4.69, 9.17) is 4.74 Å². The van der Waals surface area contributed by atoms with Gasteiger partial charge >= 0.3 is 6.03 Å². The Bertz CT molecular complexity index is 574. The molecule has 1 N–H and O–H groups in total. The fourth-order valence-electron chi connectivity index (χ4n) is 3.61. The third kappa shape index (κ3) is 4.66. The van der Waals surface area contributed by atoms with Crippen molar-refractivity contribution >= 4 is 11.7 Å². The van der Waals surface area contributed by atoms with E-state index in [-0.39, 0.29) is 18.2 Å². The van der Waals surface area contributed by atoms with E-state index < -0.39 is 0 Å². The number of carbonyl (C=O) groups is 1. The largest absolute Gasteiger partial charge is 0.376 e. The van der Waals surface area contributed by atoms with Crippen LogP contribution in [-0.2, 0) is 11.8 Å². The number of anilines is 1. The van der Waals surface area contributed by atoms with Gasteiger partial charge in [-0.15, -0.1) is 0 Å². The Kier molecular flexibility index (Phi) is 5.83. The Morgan fingerprint density at radius 2 is 2.16 bits per heavy atom. The SMILES string of the molecule is CC(C)C1CN(C(=O)NC2CCCN(c3cnn(C)c3)C2)CCCO1. The van der Waals surface area contributed by atoms with Crippen molar-refractivity contribution in [1.29, 1.82) is 0 Å². The predicted octanol–water partition coefficient (Wildman–Crippen LogP) is 1.85. The summed E-state index contributed by atoms with van der Waals surface area (Å²) in [7, 11) is 1.93. The maximum atomic E-state index is 12.8. The molecule has 0 saturated carbocycles. The van der Waals surface area contributed by atoms with Gasteiger partial charge in [0.15, 0.2) is 0 Å². The topological polar surface area (TPSA) is 62.6 Å². The molecule has 2 aliphatic heterocycles. The van der Waals surface area contributed by atoms with Gasteiger partial charge in [0.2, 0.25) is 0 Å². The van der Waals surface area contributed by atoms with Gasteiger partial charge < -0.3 is 19.9 Å². The Labute approximate surface area is 150 Å². The molecule has 0 bridgehead atoms. The van der Waals surface area contributed by atoms with Crippen LogP contribution in [0.1, 0.15) is 33.1 Å². The van der Waals surface area contributed by atoms with Crippen LogP contribution < -0.4 is 10.2 Å². The third-order valence-electron chi connectivity index (χ3n) is 5.14. The van der Waals surface area contributed by atoms with Crippen molar-refractivity contribution in [3.63, 3.8) is 0 Å². The quantitative estimate of drug-likeness (QED) is 0.905. The first-order valence-electron chi connectivity index (χ1n) is 9.43. The van der Waals surface area contributed by atoms with E-state index in [1.54, 1.807) is 0 Å². The molecule has 2 atom stereocenters. The minimum Gasteiger partial charge on any atom is -0.376 e. The molecular weight excluding hydrogens is 318 g/mol. The molecule has 2 fully saturated rings. The second kappa shape index (κ2) is 8.08. The van der Waals surface area contributed by atoms with Crippen molar-refractivity contribution in [2.24, 2.45) is 13.0 Å². The highest BCUT2D eigenvalue weighted by Crippen LogP contribution is 2.19. The van der Waals surface area contributed by atoms with E-state index in [0.29, 0.717) is 12.5 Å². The van der Waals surface area contributed by atoms with Gasteiger partial charge in [0.25, 0.3) is 0 Å². The average Bonchev–Trinajstić information content (AvgIpc) is 2.87. The van der Waals surface area contributed by atoms with Crippen LogP contribution in [0.4, 0.5) is 10.5 Å². The van der Waals surface area contributed by atoms with Crippen molar-refractivity contribution < 1.29 is 9.53 Å². The van der Waals surface area contributed by atoms with Crippen molar-refractivity contribution in [1.82, 2.24) is 20.0 Å². The number of aryl methyl sites for hydroxylation is 1. The smallest absolute Gasteiger partial charge is 0.317 e. The number of hydrogen-bond acceptors (Lipinski definition) is 4. The van der Waals surface area contributed by atoms with Crippen molar-refractivity contribution in [3.05, 3.63) is 12.4 Å². The lowest BCUT2D eigenvalue weighted by Crippen LogP contribution is -2.52. The molecule has 7 heteroatoms. The van der Waals surface area contributed by atoms with Gasteiger partial charge in [0.1, 0.15) is 0 Å². The summed E-state index contributed by atoms with van der Waals surface area (Å²) in [5.74, 6) is 0.421. The molecule has 140 valence electrons. The van der Waals surface area contributed by atoms with Crippen molar-refractivity contribution in [3.8, 4) is 0 Å². The third-order valence-corrected chi connectivity index (χ3v) is 5.14. The van der Waals surface area contributed by atoms with Crippen LogP contribution in [-0.4, -0.2) is 65.6 Å². The zero-order valence-electron chi connectivity index (χ0n) is 15.6. The maximum absolute atomic E-state index is 12.8. The van der Waals surface area contributed by atoms with Crippen LogP contribution in [0.15, 0.2) is 12.4 Å². The number of amides is 2. The molecule has 1 aromatic heterocycles. The van der Waals surface area contributed by atoms with Crippen LogP contribution in [0.2, 0.25) is 0 Å². The summed E-state index contributed by atoms with van der Waals surface area (Å²) in [6.07, 6.45) is 7.07. The molecular formula is C18H31N5O2. The first kappa shape index (κ1) is 18.0. The summed E-state index contributed by atoms with van der Waals surface area (Å²) >= 11 is 0. The number of aromatic nitrogens is 2. The first-order chi connectivity index (χ1) is 12.0.